The first-order valence-electron chi connectivity index (χ1n) is 6.35. The summed E-state index contributed by atoms with van der Waals surface area (Å²) in [5, 5.41) is 29.5. The summed E-state index contributed by atoms with van der Waals surface area (Å²) in [6, 6.07) is 8.29. The first-order valence-corrected chi connectivity index (χ1v) is 7.16. The van der Waals surface area contributed by atoms with Crippen molar-refractivity contribution in [2.24, 2.45) is 0 Å². The zero-order valence-corrected chi connectivity index (χ0v) is 12.2. The van der Waals surface area contributed by atoms with Gasteiger partial charge in [0.15, 0.2) is 0 Å². The van der Waals surface area contributed by atoms with E-state index in [4.69, 9.17) is 9.84 Å². The van der Waals surface area contributed by atoms with Crippen LogP contribution in [0.2, 0.25) is 0 Å². The Kier molecular flexibility index (Phi) is 4.89. The lowest BCUT2D eigenvalue weighted by atomic mass is 10.1. The number of rotatable bonds is 6. The van der Waals surface area contributed by atoms with E-state index >= 15 is 0 Å². The number of aliphatic hydroxyl groups excluding tert-OH is 2. The van der Waals surface area contributed by atoms with Crippen LogP contribution in [-0.4, -0.2) is 21.7 Å². The third-order valence-electron chi connectivity index (χ3n) is 2.84. The van der Waals surface area contributed by atoms with Crippen molar-refractivity contribution in [2.75, 3.05) is 6.61 Å². The maximum Gasteiger partial charge on any atom is 0.323 e. The fraction of sp³-hybridized carbons (Fsp3) is 0.286. The van der Waals surface area contributed by atoms with Crippen molar-refractivity contribution in [3.8, 4) is 10.8 Å². The average Bonchev–Trinajstić information content (AvgIpc) is 2.86. The third kappa shape index (κ3) is 3.78. The monoisotopic (exact) mass is 309 g/mol. The van der Waals surface area contributed by atoms with E-state index in [2.05, 4.69) is 0 Å². The number of thiophene rings is 1. The normalized spacial score (nSPS) is 12.1. The highest BCUT2D eigenvalue weighted by molar-refractivity contribution is 7.14. The molecule has 1 aromatic heterocycles. The van der Waals surface area contributed by atoms with Gasteiger partial charge in [0.1, 0.15) is 5.75 Å². The van der Waals surface area contributed by atoms with Crippen molar-refractivity contribution < 1.29 is 19.9 Å². The summed E-state index contributed by atoms with van der Waals surface area (Å²) in [5.74, 6) is 0.471. The summed E-state index contributed by atoms with van der Waals surface area (Å²) >= 11 is 1.05. The molecule has 0 bridgehead atoms. The van der Waals surface area contributed by atoms with Crippen molar-refractivity contribution in [3.63, 3.8) is 0 Å². The Morgan fingerprint density at radius 2 is 2.05 bits per heavy atom. The smallest absolute Gasteiger partial charge is 0.323 e. The average molecular weight is 309 g/mol. The second-order valence-electron chi connectivity index (χ2n) is 4.47. The van der Waals surface area contributed by atoms with Crippen LogP contribution >= 0.6 is 11.3 Å². The van der Waals surface area contributed by atoms with E-state index < -0.39 is 11.0 Å². The molecule has 0 fully saturated rings. The van der Waals surface area contributed by atoms with E-state index in [0.29, 0.717) is 17.0 Å². The largest absolute Gasteiger partial charge is 0.440 e. The van der Waals surface area contributed by atoms with Gasteiger partial charge in [0.05, 0.1) is 11.0 Å². The molecule has 0 aliphatic heterocycles. The predicted molar refractivity (Wildman–Crippen MR) is 78.9 cm³/mol. The maximum atomic E-state index is 11.0. The molecule has 7 heteroatoms. The van der Waals surface area contributed by atoms with Crippen LogP contribution in [0.1, 0.15) is 23.5 Å². The first-order chi connectivity index (χ1) is 10.0. The van der Waals surface area contributed by atoms with Crippen LogP contribution in [0.5, 0.6) is 10.8 Å². The molecule has 1 unspecified atom stereocenters. The molecular formula is C14H15NO5S. The Bertz CT molecular complexity index is 621. The lowest BCUT2D eigenvalue weighted by molar-refractivity contribution is -0.385. The molecule has 1 heterocycles. The number of nitro groups is 1. The number of hydrogen-bond donors (Lipinski definition) is 2. The zero-order chi connectivity index (χ0) is 15.4. The summed E-state index contributed by atoms with van der Waals surface area (Å²) in [4.78, 5) is 11.0. The Labute approximate surface area is 125 Å². The summed E-state index contributed by atoms with van der Waals surface area (Å²) in [7, 11) is 0. The van der Waals surface area contributed by atoms with Crippen LogP contribution in [0.4, 0.5) is 5.69 Å². The zero-order valence-electron chi connectivity index (χ0n) is 11.4. The van der Waals surface area contributed by atoms with Gasteiger partial charge in [-0.05, 0) is 31.0 Å². The van der Waals surface area contributed by atoms with Crippen LogP contribution in [0.25, 0.3) is 0 Å². The van der Waals surface area contributed by atoms with Gasteiger partial charge in [0.25, 0.3) is 5.06 Å². The van der Waals surface area contributed by atoms with Gasteiger partial charge in [-0.3, -0.25) is 10.1 Å². The predicted octanol–water partition coefficient (Wildman–Crippen LogP) is 3.04. The Hall–Kier alpha value is -1.96. The van der Waals surface area contributed by atoms with Gasteiger partial charge < -0.3 is 14.9 Å². The molecule has 0 amide bonds. The number of hydrogen-bond acceptors (Lipinski definition) is 6. The topological polar surface area (TPSA) is 92.8 Å². The molecule has 0 saturated heterocycles. The van der Waals surface area contributed by atoms with E-state index in [-0.39, 0.29) is 17.4 Å². The van der Waals surface area contributed by atoms with Crippen molar-refractivity contribution in [3.05, 3.63) is 50.9 Å². The Balaban J connectivity index is 2.23. The highest BCUT2D eigenvalue weighted by atomic mass is 32.1. The summed E-state index contributed by atoms with van der Waals surface area (Å²) in [6.45, 7) is 1.61. The minimum Gasteiger partial charge on any atom is -0.440 e. The fourth-order valence-corrected chi connectivity index (χ4v) is 2.68. The Morgan fingerprint density at radius 3 is 2.57 bits per heavy atom. The lowest BCUT2D eigenvalue weighted by Crippen LogP contribution is -1.91. The molecule has 2 N–H and O–H groups in total. The molecular weight excluding hydrogens is 294 g/mol. The third-order valence-corrected chi connectivity index (χ3v) is 4.01. The van der Waals surface area contributed by atoms with E-state index in [1.807, 2.05) is 0 Å². The highest BCUT2D eigenvalue weighted by Crippen LogP contribution is 2.41. The lowest BCUT2D eigenvalue weighted by Gasteiger charge is -2.04. The number of nitrogens with zero attached hydrogens (tertiary/aromatic N) is 1. The minimum absolute atomic E-state index is 0.0638. The van der Waals surface area contributed by atoms with Crippen LogP contribution in [0.3, 0.4) is 0 Å². The van der Waals surface area contributed by atoms with Gasteiger partial charge in [-0.25, -0.2) is 0 Å². The summed E-state index contributed by atoms with van der Waals surface area (Å²) < 4.78 is 5.54. The van der Waals surface area contributed by atoms with E-state index in [0.717, 1.165) is 16.9 Å². The van der Waals surface area contributed by atoms with Gasteiger partial charge in [-0.1, -0.05) is 23.5 Å². The SMILES string of the molecule is CC(O)c1cc([N+](=O)[O-])c(Oc2ccc(CCO)cc2)s1. The van der Waals surface area contributed by atoms with Gasteiger partial charge >= 0.3 is 5.69 Å². The second-order valence-corrected chi connectivity index (χ2v) is 5.52. The van der Waals surface area contributed by atoms with Crippen molar-refractivity contribution in [1.82, 2.24) is 0 Å². The van der Waals surface area contributed by atoms with Gasteiger partial charge in [-0.2, -0.15) is 0 Å². The van der Waals surface area contributed by atoms with Crippen molar-refractivity contribution >= 4 is 17.0 Å². The van der Waals surface area contributed by atoms with E-state index in [9.17, 15) is 15.2 Å². The van der Waals surface area contributed by atoms with Crippen LogP contribution < -0.4 is 4.74 Å². The molecule has 1 atom stereocenters. The van der Waals surface area contributed by atoms with Gasteiger partial charge in [-0.15, -0.1) is 0 Å². The second kappa shape index (κ2) is 6.66. The van der Waals surface area contributed by atoms with Crippen molar-refractivity contribution in [1.29, 1.82) is 0 Å². The molecule has 2 rings (SSSR count). The quantitative estimate of drug-likeness (QED) is 0.632. The van der Waals surface area contributed by atoms with E-state index in [1.54, 1.807) is 31.2 Å². The molecule has 0 aliphatic carbocycles. The van der Waals surface area contributed by atoms with Gasteiger partial charge in [0, 0.05) is 17.6 Å². The molecule has 0 radical (unpaired) electrons. The molecule has 0 saturated carbocycles. The van der Waals surface area contributed by atoms with E-state index in [1.165, 1.54) is 6.07 Å². The van der Waals surface area contributed by atoms with Gasteiger partial charge in [0.2, 0.25) is 0 Å². The molecule has 0 aliphatic rings. The fourth-order valence-electron chi connectivity index (χ4n) is 1.75. The van der Waals surface area contributed by atoms with Crippen LogP contribution in [-0.2, 0) is 6.42 Å². The van der Waals surface area contributed by atoms with Crippen LogP contribution in [0.15, 0.2) is 30.3 Å². The molecule has 21 heavy (non-hydrogen) atoms. The minimum atomic E-state index is -0.780. The molecule has 0 spiro atoms. The first kappa shape index (κ1) is 15.4. The summed E-state index contributed by atoms with van der Waals surface area (Å²) in [5.41, 5.74) is 0.797. The molecule has 1 aromatic carbocycles. The molecule has 112 valence electrons. The molecule has 2 aromatic rings. The number of benzene rings is 1. The number of ether oxygens (including phenoxy) is 1. The maximum absolute atomic E-state index is 11.0. The van der Waals surface area contributed by atoms with Crippen LogP contribution in [0, 0.1) is 10.1 Å². The summed E-state index contributed by atoms with van der Waals surface area (Å²) in [6.07, 6.45) is -0.232. The number of aliphatic hydroxyl groups is 2. The standard InChI is InChI=1S/C14H15NO5S/c1-9(17)13-8-12(15(18)19)14(21-13)20-11-4-2-10(3-5-11)6-7-16/h2-5,8-9,16-17H,6-7H2,1H3. The highest BCUT2D eigenvalue weighted by Gasteiger charge is 2.23. The molecule has 6 nitrogen and oxygen atoms in total. The Morgan fingerprint density at radius 1 is 1.38 bits per heavy atom. The van der Waals surface area contributed by atoms with Crippen molar-refractivity contribution in [2.45, 2.75) is 19.4 Å².